The Morgan fingerprint density at radius 3 is 2.11 bits per heavy atom. The van der Waals surface area contributed by atoms with E-state index < -0.39 is 0 Å². The molecule has 0 unspecified atom stereocenters. The molecule has 0 saturated carbocycles. The van der Waals surface area contributed by atoms with Crippen molar-refractivity contribution < 1.29 is 14.1 Å². The summed E-state index contributed by atoms with van der Waals surface area (Å²) in [7, 11) is 1.75. The van der Waals surface area contributed by atoms with Gasteiger partial charge in [-0.25, -0.2) is 0 Å². The van der Waals surface area contributed by atoms with Crippen LogP contribution >= 0.6 is 0 Å². The molecular formula is C29H29N3O3. The third kappa shape index (κ3) is 6.03. The number of likely N-dealkylation sites (N-methyl/N-ethyl adjacent to an activating group) is 1. The standard InChI is InChI=1S/C29H29N3O3/c1-21-14-15-22(2)25(16-21)27-17-26(30-35-27)29(34)32(19-24-12-8-5-9-13-24)20-28(33)31(3)18-23-10-6-4-7-11-23/h4-17H,18-20H2,1-3H3. The molecule has 0 saturated heterocycles. The Kier molecular flexibility index (Phi) is 7.41. The Balaban J connectivity index is 1.55. The van der Waals surface area contributed by atoms with Crippen LogP contribution in [0.1, 0.15) is 32.7 Å². The van der Waals surface area contributed by atoms with E-state index in [1.807, 2.05) is 92.7 Å². The van der Waals surface area contributed by atoms with Crippen molar-refractivity contribution in [1.29, 1.82) is 0 Å². The normalized spacial score (nSPS) is 10.7. The highest BCUT2D eigenvalue weighted by atomic mass is 16.5. The van der Waals surface area contributed by atoms with Crippen molar-refractivity contribution in [3.05, 3.63) is 113 Å². The van der Waals surface area contributed by atoms with Gasteiger partial charge in [0.25, 0.3) is 5.91 Å². The second-order valence-electron chi connectivity index (χ2n) is 8.78. The highest BCUT2D eigenvalue weighted by Crippen LogP contribution is 2.26. The van der Waals surface area contributed by atoms with Crippen LogP contribution in [0.5, 0.6) is 0 Å². The minimum absolute atomic E-state index is 0.0667. The third-order valence-corrected chi connectivity index (χ3v) is 5.91. The number of hydrogen-bond acceptors (Lipinski definition) is 4. The predicted molar refractivity (Wildman–Crippen MR) is 136 cm³/mol. The number of carbonyl (C=O) groups excluding carboxylic acids is 2. The van der Waals surface area contributed by atoms with Crippen molar-refractivity contribution in [3.63, 3.8) is 0 Å². The Morgan fingerprint density at radius 1 is 0.829 bits per heavy atom. The summed E-state index contributed by atoms with van der Waals surface area (Å²) >= 11 is 0. The molecule has 0 fully saturated rings. The second kappa shape index (κ2) is 10.8. The lowest BCUT2D eigenvalue weighted by Crippen LogP contribution is -2.41. The van der Waals surface area contributed by atoms with Gasteiger partial charge in [0, 0.05) is 31.8 Å². The maximum absolute atomic E-state index is 13.5. The van der Waals surface area contributed by atoms with Crippen LogP contribution in [-0.2, 0) is 17.9 Å². The van der Waals surface area contributed by atoms with Crippen LogP contribution in [0.4, 0.5) is 0 Å². The van der Waals surface area contributed by atoms with Gasteiger partial charge >= 0.3 is 0 Å². The average molecular weight is 468 g/mol. The lowest BCUT2D eigenvalue weighted by molar-refractivity contribution is -0.131. The number of hydrogen-bond donors (Lipinski definition) is 0. The van der Waals surface area contributed by atoms with E-state index in [2.05, 4.69) is 5.16 Å². The molecule has 1 heterocycles. The summed E-state index contributed by atoms with van der Waals surface area (Å²) in [5, 5.41) is 4.05. The molecule has 0 aliphatic heterocycles. The van der Waals surface area contributed by atoms with Crippen LogP contribution in [0.2, 0.25) is 0 Å². The zero-order valence-corrected chi connectivity index (χ0v) is 20.3. The SMILES string of the molecule is Cc1ccc(C)c(-c2cc(C(=O)N(CC(=O)N(C)Cc3ccccc3)Cc3ccccc3)no2)c1. The van der Waals surface area contributed by atoms with Crippen molar-refractivity contribution in [2.75, 3.05) is 13.6 Å². The largest absolute Gasteiger partial charge is 0.355 e. The molecule has 2 amide bonds. The summed E-state index contributed by atoms with van der Waals surface area (Å²) in [6.07, 6.45) is 0. The van der Waals surface area contributed by atoms with Gasteiger partial charge in [0.05, 0.1) is 0 Å². The first-order valence-corrected chi connectivity index (χ1v) is 11.6. The van der Waals surface area contributed by atoms with Crippen molar-refractivity contribution in [2.24, 2.45) is 0 Å². The number of nitrogens with zero attached hydrogens (tertiary/aromatic N) is 3. The molecule has 0 radical (unpaired) electrons. The molecule has 35 heavy (non-hydrogen) atoms. The van der Waals surface area contributed by atoms with E-state index in [-0.39, 0.29) is 30.6 Å². The van der Waals surface area contributed by atoms with E-state index in [0.29, 0.717) is 12.3 Å². The molecule has 1 aromatic heterocycles. The van der Waals surface area contributed by atoms with Crippen molar-refractivity contribution >= 4 is 11.8 Å². The lowest BCUT2D eigenvalue weighted by Gasteiger charge is -2.25. The fourth-order valence-electron chi connectivity index (χ4n) is 3.90. The van der Waals surface area contributed by atoms with Crippen molar-refractivity contribution in [2.45, 2.75) is 26.9 Å². The number of benzene rings is 3. The number of amides is 2. The molecular weight excluding hydrogens is 438 g/mol. The molecule has 0 N–H and O–H groups in total. The highest BCUT2D eigenvalue weighted by molar-refractivity contribution is 5.95. The van der Waals surface area contributed by atoms with E-state index in [9.17, 15) is 9.59 Å². The molecule has 4 rings (SSSR count). The van der Waals surface area contributed by atoms with Crippen LogP contribution in [0.3, 0.4) is 0 Å². The first kappa shape index (κ1) is 24.0. The van der Waals surface area contributed by atoms with Crippen molar-refractivity contribution in [1.82, 2.24) is 15.0 Å². The van der Waals surface area contributed by atoms with E-state index in [4.69, 9.17) is 4.52 Å². The zero-order valence-electron chi connectivity index (χ0n) is 20.3. The van der Waals surface area contributed by atoms with E-state index in [1.54, 1.807) is 18.0 Å². The number of aryl methyl sites for hydroxylation is 2. The zero-order chi connectivity index (χ0) is 24.8. The molecule has 178 valence electrons. The van der Waals surface area contributed by atoms with E-state index >= 15 is 0 Å². The summed E-state index contributed by atoms with van der Waals surface area (Å²) in [4.78, 5) is 29.7. The van der Waals surface area contributed by atoms with Crippen LogP contribution in [-0.4, -0.2) is 40.4 Å². The topological polar surface area (TPSA) is 66.7 Å². The van der Waals surface area contributed by atoms with Gasteiger partial charge in [-0.1, -0.05) is 83.5 Å². The fraction of sp³-hybridized carbons (Fsp3) is 0.207. The molecule has 0 aliphatic carbocycles. The maximum atomic E-state index is 13.5. The number of carbonyl (C=O) groups is 2. The summed E-state index contributed by atoms with van der Waals surface area (Å²) in [6.45, 7) is 4.68. The van der Waals surface area contributed by atoms with Gasteiger partial charge in [-0.3, -0.25) is 9.59 Å². The lowest BCUT2D eigenvalue weighted by atomic mass is 10.0. The van der Waals surface area contributed by atoms with Gasteiger partial charge in [-0.05, 0) is 36.6 Å². The summed E-state index contributed by atoms with van der Waals surface area (Å²) in [5.74, 6) is 0.0220. The van der Waals surface area contributed by atoms with Gasteiger partial charge in [-0.15, -0.1) is 0 Å². The summed E-state index contributed by atoms with van der Waals surface area (Å²) in [5.41, 5.74) is 5.15. The van der Waals surface area contributed by atoms with Crippen molar-refractivity contribution in [3.8, 4) is 11.3 Å². The predicted octanol–water partition coefficient (Wildman–Crippen LogP) is 5.26. The Bertz CT molecular complexity index is 1300. The quantitative estimate of drug-likeness (QED) is 0.355. The van der Waals surface area contributed by atoms with Gasteiger partial charge in [-0.2, -0.15) is 0 Å². The van der Waals surface area contributed by atoms with Gasteiger partial charge < -0.3 is 14.3 Å². The first-order valence-electron chi connectivity index (χ1n) is 11.6. The molecule has 6 heteroatoms. The number of aromatic nitrogens is 1. The molecule has 3 aromatic carbocycles. The van der Waals surface area contributed by atoms with Crippen LogP contribution in [0.25, 0.3) is 11.3 Å². The van der Waals surface area contributed by atoms with Crippen LogP contribution in [0, 0.1) is 13.8 Å². The minimum Gasteiger partial charge on any atom is -0.355 e. The third-order valence-electron chi connectivity index (χ3n) is 5.91. The molecule has 0 spiro atoms. The first-order chi connectivity index (χ1) is 16.9. The maximum Gasteiger partial charge on any atom is 0.276 e. The Labute approximate surface area is 205 Å². The van der Waals surface area contributed by atoms with Gasteiger partial charge in [0.2, 0.25) is 5.91 Å². The Morgan fingerprint density at radius 2 is 1.46 bits per heavy atom. The smallest absolute Gasteiger partial charge is 0.276 e. The second-order valence-corrected chi connectivity index (χ2v) is 8.78. The molecule has 0 atom stereocenters. The number of rotatable bonds is 8. The molecule has 0 bridgehead atoms. The fourth-order valence-corrected chi connectivity index (χ4v) is 3.90. The summed E-state index contributed by atoms with van der Waals surface area (Å²) in [6, 6.07) is 27.1. The van der Waals surface area contributed by atoms with Gasteiger partial charge in [0.1, 0.15) is 6.54 Å². The molecule has 0 aliphatic rings. The van der Waals surface area contributed by atoms with E-state index in [0.717, 1.165) is 27.8 Å². The molecule has 4 aromatic rings. The molecule has 6 nitrogen and oxygen atoms in total. The van der Waals surface area contributed by atoms with Crippen LogP contribution in [0.15, 0.2) is 89.5 Å². The van der Waals surface area contributed by atoms with Crippen LogP contribution < -0.4 is 0 Å². The van der Waals surface area contributed by atoms with Gasteiger partial charge in [0.15, 0.2) is 11.5 Å². The monoisotopic (exact) mass is 467 g/mol. The average Bonchev–Trinajstić information content (AvgIpc) is 3.36. The highest BCUT2D eigenvalue weighted by Gasteiger charge is 2.24. The Hall–Kier alpha value is -4.19. The van der Waals surface area contributed by atoms with E-state index in [1.165, 1.54) is 4.90 Å². The summed E-state index contributed by atoms with van der Waals surface area (Å²) < 4.78 is 5.55. The minimum atomic E-state index is -0.351.